The van der Waals surface area contributed by atoms with E-state index in [0.29, 0.717) is 0 Å². The molecule has 0 radical (unpaired) electrons. The number of benzene rings is 1. The molecule has 1 fully saturated rings. The van der Waals surface area contributed by atoms with E-state index in [9.17, 15) is 13.2 Å². The van der Waals surface area contributed by atoms with Gasteiger partial charge < -0.3 is 0 Å². The van der Waals surface area contributed by atoms with Gasteiger partial charge in [-0.05, 0) is 44.4 Å². The zero-order valence-electron chi connectivity index (χ0n) is 11.3. The van der Waals surface area contributed by atoms with E-state index in [1.165, 1.54) is 0 Å². The molecular formula is C14H18O3S2. The highest BCUT2D eigenvalue weighted by Crippen LogP contribution is 2.33. The smallest absolute Gasteiger partial charge is 0.215 e. The SMILES string of the molecule is Cc1ccc(S(=O)(=O)C(C(=O)C2CC2)=S(C)C)cc1. The van der Waals surface area contributed by atoms with Gasteiger partial charge in [0.1, 0.15) is 4.20 Å². The van der Waals surface area contributed by atoms with Gasteiger partial charge in [-0.1, -0.05) is 17.7 Å². The van der Waals surface area contributed by atoms with Crippen LogP contribution in [0.2, 0.25) is 0 Å². The molecule has 1 aliphatic rings. The van der Waals surface area contributed by atoms with Gasteiger partial charge in [-0.25, -0.2) is 8.42 Å². The van der Waals surface area contributed by atoms with Gasteiger partial charge in [0.25, 0.3) is 0 Å². The molecule has 3 nitrogen and oxygen atoms in total. The van der Waals surface area contributed by atoms with E-state index < -0.39 is 20.3 Å². The molecule has 0 bridgehead atoms. The Morgan fingerprint density at radius 1 is 1.16 bits per heavy atom. The predicted molar refractivity (Wildman–Crippen MR) is 80.5 cm³/mol. The van der Waals surface area contributed by atoms with Gasteiger partial charge in [0.15, 0.2) is 5.78 Å². The van der Waals surface area contributed by atoms with Crippen LogP contribution in [0.4, 0.5) is 0 Å². The van der Waals surface area contributed by atoms with E-state index in [4.69, 9.17) is 0 Å². The number of sulfone groups is 1. The average Bonchev–Trinajstić information content (AvgIpc) is 3.12. The summed E-state index contributed by atoms with van der Waals surface area (Å²) in [4.78, 5) is 12.4. The van der Waals surface area contributed by atoms with Crippen molar-refractivity contribution in [2.75, 3.05) is 12.5 Å². The van der Waals surface area contributed by atoms with E-state index in [1.807, 2.05) is 6.92 Å². The highest BCUT2D eigenvalue weighted by atomic mass is 32.2. The van der Waals surface area contributed by atoms with Crippen molar-refractivity contribution in [2.24, 2.45) is 5.92 Å². The minimum Gasteiger partial charge on any atom is -0.293 e. The first kappa shape index (κ1) is 14.5. The molecule has 104 valence electrons. The number of ketones is 1. The van der Waals surface area contributed by atoms with Gasteiger partial charge in [-0.3, -0.25) is 4.79 Å². The maximum atomic E-state index is 12.6. The average molecular weight is 298 g/mol. The highest BCUT2D eigenvalue weighted by molar-refractivity contribution is 8.31. The third-order valence-electron chi connectivity index (χ3n) is 3.10. The summed E-state index contributed by atoms with van der Waals surface area (Å²) in [6, 6.07) is 6.68. The molecule has 0 unspecified atom stereocenters. The largest absolute Gasteiger partial charge is 0.293 e. The second-order valence-electron chi connectivity index (χ2n) is 5.06. The Morgan fingerprint density at radius 2 is 1.68 bits per heavy atom. The van der Waals surface area contributed by atoms with Gasteiger partial charge in [0.2, 0.25) is 9.84 Å². The Balaban J connectivity index is 2.49. The van der Waals surface area contributed by atoms with Crippen molar-refractivity contribution in [3.05, 3.63) is 29.8 Å². The minimum absolute atomic E-state index is 0.0647. The summed E-state index contributed by atoms with van der Waals surface area (Å²) in [7, 11) is -4.20. The summed E-state index contributed by atoms with van der Waals surface area (Å²) in [5.74, 6) is -0.237. The van der Waals surface area contributed by atoms with Crippen molar-refractivity contribution in [3.63, 3.8) is 0 Å². The standard InChI is InChI=1S/C14H18O3S2/c1-10-4-8-12(9-5-10)19(16,17)14(18(2)3)13(15)11-6-7-11/h4-5,8-9,11H,6-7H2,1-3H3. The molecule has 0 spiro atoms. The molecule has 1 saturated carbocycles. The van der Waals surface area contributed by atoms with Gasteiger partial charge in [0, 0.05) is 5.92 Å². The molecule has 0 aromatic heterocycles. The van der Waals surface area contributed by atoms with Crippen LogP contribution < -0.4 is 0 Å². The van der Waals surface area contributed by atoms with Crippen LogP contribution in [0.25, 0.3) is 0 Å². The van der Waals surface area contributed by atoms with Crippen LogP contribution in [0.3, 0.4) is 0 Å². The Labute approximate surface area is 116 Å². The molecule has 5 heteroatoms. The van der Waals surface area contributed by atoms with Gasteiger partial charge in [0.05, 0.1) is 4.90 Å². The Hall–Kier alpha value is -0.940. The normalized spacial score (nSPS) is 15.6. The molecule has 1 aromatic carbocycles. The summed E-state index contributed by atoms with van der Waals surface area (Å²) in [5, 5.41) is 0. The summed E-state index contributed by atoms with van der Waals surface area (Å²) < 4.78 is 25.3. The Morgan fingerprint density at radius 3 is 2.11 bits per heavy atom. The summed E-state index contributed by atoms with van der Waals surface area (Å²) in [6.07, 6.45) is 5.23. The summed E-state index contributed by atoms with van der Waals surface area (Å²) >= 11 is 0. The molecule has 0 atom stereocenters. The van der Waals surface area contributed by atoms with E-state index >= 15 is 0 Å². The lowest BCUT2D eigenvalue weighted by Crippen LogP contribution is -2.26. The first-order chi connectivity index (χ1) is 8.84. The number of Topliss-reactive ketones (excluding diaryl/α,β-unsaturated/α-hetero) is 1. The number of hydrogen-bond donors (Lipinski definition) is 0. The molecule has 0 aliphatic heterocycles. The number of carbonyl (C=O) groups is 1. The summed E-state index contributed by atoms with van der Waals surface area (Å²) in [6.45, 7) is 1.90. The van der Waals surface area contributed by atoms with Crippen molar-refractivity contribution < 1.29 is 13.2 Å². The van der Waals surface area contributed by atoms with Gasteiger partial charge in [-0.2, -0.15) is 10.5 Å². The van der Waals surface area contributed by atoms with Gasteiger partial charge in [-0.15, -0.1) is 0 Å². The Kier molecular flexibility index (Phi) is 3.97. The first-order valence-electron chi connectivity index (χ1n) is 6.14. The second-order valence-corrected chi connectivity index (χ2v) is 9.25. The van der Waals surface area contributed by atoms with Crippen molar-refractivity contribution >= 4 is 30.3 Å². The maximum absolute atomic E-state index is 12.6. The van der Waals surface area contributed by atoms with E-state index in [2.05, 4.69) is 0 Å². The molecule has 0 heterocycles. The summed E-state index contributed by atoms with van der Waals surface area (Å²) in [5.41, 5.74) is 1.00. The van der Waals surface area contributed by atoms with Crippen LogP contribution in [-0.4, -0.2) is 30.9 Å². The van der Waals surface area contributed by atoms with Crippen molar-refractivity contribution in [2.45, 2.75) is 24.7 Å². The maximum Gasteiger partial charge on any atom is 0.215 e. The van der Waals surface area contributed by atoms with E-state index in [0.717, 1.165) is 18.4 Å². The second kappa shape index (κ2) is 5.21. The quantitative estimate of drug-likeness (QED) is 0.805. The van der Waals surface area contributed by atoms with Crippen LogP contribution in [0, 0.1) is 12.8 Å². The fourth-order valence-corrected chi connectivity index (χ4v) is 5.64. The molecule has 2 rings (SSSR count). The lowest BCUT2D eigenvalue weighted by atomic mass is 10.2. The van der Waals surface area contributed by atoms with Crippen LogP contribution in [0.5, 0.6) is 0 Å². The zero-order valence-corrected chi connectivity index (χ0v) is 13.0. The number of aryl methyl sites for hydroxylation is 1. The number of rotatable bonds is 3. The van der Waals surface area contributed by atoms with Crippen LogP contribution in [0.15, 0.2) is 29.2 Å². The van der Waals surface area contributed by atoms with E-state index in [-0.39, 0.29) is 20.8 Å². The van der Waals surface area contributed by atoms with E-state index in [1.54, 1.807) is 36.8 Å². The first-order valence-corrected chi connectivity index (χ1v) is 9.67. The van der Waals surface area contributed by atoms with Crippen molar-refractivity contribution in [1.82, 2.24) is 0 Å². The molecule has 1 aromatic rings. The van der Waals surface area contributed by atoms with Gasteiger partial charge >= 0.3 is 0 Å². The fraction of sp³-hybridized carbons (Fsp3) is 0.429. The van der Waals surface area contributed by atoms with Crippen LogP contribution in [0.1, 0.15) is 18.4 Å². The lowest BCUT2D eigenvalue weighted by molar-refractivity contribution is -0.113. The molecule has 0 saturated heterocycles. The molecular weight excluding hydrogens is 280 g/mol. The number of carbonyl (C=O) groups excluding carboxylic acids is 1. The topological polar surface area (TPSA) is 51.2 Å². The monoisotopic (exact) mass is 298 g/mol. The van der Waals surface area contributed by atoms with Crippen molar-refractivity contribution in [1.29, 1.82) is 0 Å². The predicted octanol–water partition coefficient (Wildman–Crippen LogP) is 2.41. The van der Waals surface area contributed by atoms with Crippen LogP contribution >= 0.6 is 10.5 Å². The molecule has 0 N–H and O–H groups in total. The van der Waals surface area contributed by atoms with Crippen LogP contribution in [-0.2, 0) is 14.6 Å². The number of hydrogen-bond acceptors (Lipinski definition) is 3. The zero-order chi connectivity index (χ0) is 14.2. The Bertz CT molecular complexity index is 632. The third kappa shape index (κ3) is 2.98. The third-order valence-corrected chi connectivity index (χ3v) is 7.28. The lowest BCUT2D eigenvalue weighted by Gasteiger charge is -2.10. The van der Waals surface area contributed by atoms with Crippen molar-refractivity contribution in [3.8, 4) is 0 Å². The molecule has 0 amide bonds. The minimum atomic E-state index is -3.64. The highest BCUT2D eigenvalue weighted by Gasteiger charge is 2.38. The molecule has 19 heavy (non-hydrogen) atoms. The fourth-order valence-electron chi connectivity index (χ4n) is 1.89. The molecule has 1 aliphatic carbocycles.